The molecule has 0 bridgehead atoms. The van der Waals surface area contributed by atoms with Gasteiger partial charge in [0.05, 0.1) is 5.69 Å². The first-order valence-corrected chi connectivity index (χ1v) is 8.39. The van der Waals surface area contributed by atoms with Gasteiger partial charge in [-0.05, 0) is 49.4 Å². The third kappa shape index (κ3) is 4.56. The molecule has 0 amide bonds. The highest BCUT2D eigenvalue weighted by Crippen LogP contribution is 2.26. The quantitative estimate of drug-likeness (QED) is 0.848. The first-order valence-electron chi connectivity index (χ1n) is 8.39. The summed E-state index contributed by atoms with van der Waals surface area (Å²) in [6.45, 7) is 2.84. The Balaban J connectivity index is 1.83. The van der Waals surface area contributed by atoms with Crippen molar-refractivity contribution in [1.82, 2.24) is 9.88 Å². The zero-order valence-electron chi connectivity index (χ0n) is 14.1. The Kier molecular flexibility index (Phi) is 5.36. The first kappa shape index (κ1) is 17.8. The lowest BCUT2D eigenvalue weighted by molar-refractivity contribution is -0.140. The van der Waals surface area contributed by atoms with Gasteiger partial charge in [-0.3, -0.25) is 0 Å². The van der Waals surface area contributed by atoms with Crippen LogP contribution in [-0.4, -0.2) is 30.0 Å². The Labute approximate surface area is 145 Å². The maximum atomic E-state index is 12.9. The molecule has 3 nitrogen and oxygen atoms in total. The van der Waals surface area contributed by atoms with Gasteiger partial charge >= 0.3 is 6.18 Å². The normalized spacial score (nSPS) is 16.0. The molecule has 0 spiro atoms. The highest BCUT2D eigenvalue weighted by molar-refractivity contribution is 5.83. The average molecular weight is 350 g/mol. The molecular formula is C19H21F3N2O. The Bertz CT molecular complexity index is 793. The van der Waals surface area contributed by atoms with Crippen LogP contribution in [0.2, 0.25) is 0 Å². The van der Waals surface area contributed by atoms with Gasteiger partial charge in [-0.1, -0.05) is 12.0 Å². The molecule has 25 heavy (non-hydrogen) atoms. The Morgan fingerprint density at radius 3 is 2.68 bits per heavy atom. The SMILES string of the molecule is CC#Cc1cc2cc(CNC3CCOCC3)ccc2n1CC(F)(F)F. The summed E-state index contributed by atoms with van der Waals surface area (Å²) in [5, 5.41) is 4.28. The molecule has 1 aromatic heterocycles. The van der Waals surface area contributed by atoms with Gasteiger partial charge in [0.15, 0.2) is 0 Å². The summed E-state index contributed by atoms with van der Waals surface area (Å²) in [5.74, 6) is 5.47. The van der Waals surface area contributed by atoms with Gasteiger partial charge in [0.25, 0.3) is 0 Å². The van der Waals surface area contributed by atoms with Gasteiger partial charge < -0.3 is 14.6 Å². The third-order valence-electron chi connectivity index (χ3n) is 4.37. The van der Waals surface area contributed by atoms with E-state index in [4.69, 9.17) is 4.74 Å². The van der Waals surface area contributed by atoms with Crippen molar-refractivity contribution >= 4 is 10.9 Å². The van der Waals surface area contributed by atoms with Gasteiger partial charge in [-0.15, -0.1) is 0 Å². The number of benzene rings is 1. The van der Waals surface area contributed by atoms with Crippen LogP contribution in [0.4, 0.5) is 13.2 Å². The average Bonchev–Trinajstić information content (AvgIpc) is 2.89. The monoisotopic (exact) mass is 350 g/mol. The maximum Gasteiger partial charge on any atom is 0.406 e. The van der Waals surface area contributed by atoms with Gasteiger partial charge in [0, 0.05) is 36.7 Å². The van der Waals surface area contributed by atoms with Crippen LogP contribution in [-0.2, 0) is 17.8 Å². The van der Waals surface area contributed by atoms with E-state index in [1.807, 2.05) is 12.1 Å². The van der Waals surface area contributed by atoms with Gasteiger partial charge in [-0.2, -0.15) is 13.2 Å². The number of halogens is 3. The van der Waals surface area contributed by atoms with Crippen LogP contribution >= 0.6 is 0 Å². The highest BCUT2D eigenvalue weighted by atomic mass is 19.4. The van der Waals surface area contributed by atoms with Crippen molar-refractivity contribution in [3.8, 4) is 11.8 Å². The van der Waals surface area contributed by atoms with Crippen molar-refractivity contribution < 1.29 is 17.9 Å². The lowest BCUT2D eigenvalue weighted by atomic mass is 10.1. The Morgan fingerprint density at radius 2 is 2.00 bits per heavy atom. The minimum absolute atomic E-state index is 0.393. The number of ether oxygens (including phenoxy) is 1. The predicted octanol–water partition coefficient (Wildman–Crippen LogP) is 3.84. The lowest BCUT2D eigenvalue weighted by Crippen LogP contribution is -2.34. The van der Waals surface area contributed by atoms with E-state index < -0.39 is 12.7 Å². The van der Waals surface area contributed by atoms with Crippen molar-refractivity contribution in [3.05, 3.63) is 35.5 Å². The van der Waals surface area contributed by atoms with E-state index in [1.165, 1.54) is 4.57 Å². The molecule has 134 valence electrons. The fourth-order valence-electron chi connectivity index (χ4n) is 3.18. The molecule has 0 atom stereocenters. The van der Waals surface area contributed by atoms with Crippen LogP contribution in [0.5, 0.6) is 0 Å². The molecule has 1 fully saturated rings. The zero-order chi connectivity index (χ0) is 17.9. The van der Waals surface area contributed by atoms with E-state index >= 15 is 0 Å². The van der Waals surface area contributed by atoms with Crippen LogP contribution in [0.1, 0.15) is 31.0 Å². The molecule has 2 heterocycles. The molecule has 1 saturated heterocycles. The summed E-state index contributed by atoms with van der Waals surface area (Å²) in [6.07, 6.45) is -2.31. The lowest BCUT2D eigenvalue weighted by Gasteiger charge is -2.23. The minimum Gasteiger partial charge on any atom is -0.381 e. The Morgan fingerprint density at radius 1 is 1.24 bits per heavy atom. The second kappa shape index (κ2) is 7.51. The van der Waals surface area contributed by atoms with Crippen molar-refractivity contribution in [3.63, 3.8) is 0 Å². The molecule has 1 aliphatic rings. The van der Waals surface area contributed by atoms with Crippen molar-refractivity contribution in [2.45, 2.75) is 45.1 Å². The molecule has 2 aromatic rings. The summed E-state index contributed by atoms with van der Waals surface area (Å²) in [6, 6.07) is 7.74. The standard InChI is InChI=1S/C19H21F3N2O/c1-2-3-17-11-15-10-14(12-23-16-6-8-25-9-7-16)4-5-18(15)24(17)13-19(20,21)22/h4-5,10-11,16,23H,6-9,12-13H2,1H3. The third-order valence-corrected chi connectivity index (χ3v) is 4.37. The predicted molar refractivity (Wildman–Crippen MR) is 91.2 cm³/mol. The molecule has 0 saturated carbocycles. The van der Waals surface area contributed by atoms with E-state index in [1.54, 1.807) is 19.1 Å². The van der Waals surface area contributed by atoms with Crippen molar-refractivity contribution in [2.75, 3.05) is 13.2 Å². The van der Waals surface area contributed by atoms with E-state index in [9.17, 15) is 13.2 Å². The van der Waals surface area contributed by atoms with Gasteiger partial charge in [0.1, 0.15) is 6.54 Å². The number of hydrogen-bond acceptors (Lipinski definition) is 2. The number of rotatable bonds is 4. The summed E-state index contributed by atoms with van der Waals surface area (Å²) in [5.41, 5.74) is 2.01. The van der Waals surface area contributed by atoms with Gasteiger partial charge in [-0.25, -0.2) is 0 Å². The van der Waals surface area contributed by atoms with E-state index in [0.717, 1.165) is 37.0 Å². The van der Waals surface area contributed by atoms with E-state index in [0.29, 0.717) is 23.8 Å². The molecule has 0 aliphatic carbocycles. The number of nitrogens with one attached hydrogen (secondary N) is 1. The van der Waals surface area contributed by atoms with Crippen LogP contribution in [0.25, 0.3) is 10.9 Å². The van der Waals surface area contributed by atoms with Crippen molar-refractivity contribution in [2.24, 2.45) is 0 Å². The van der Waals surface area contributed by atoms with Crippen LogP contribution < -0.4 is 5.32 Å². The van der Waals surface area contributed by atoms with E-state index in [-0.39, 0.29) is 0 Å². The number of hydrogen-bond donors (Lipinski definition) is 1. The molecule has 1 aliphatic heterocycles. The van der Waals surface area contributed by atoms with Crippen LogP contribution in [0, 0.1) is 11.8 Å². The molecule has 0 unspecified atom stereocenters. The molecule has 1 aromatic carbocycles. The fourth-order valence-corrected chi connectivity index (χ4v) is 3.18. The second-order valence-electron chi connectivity index (χ2n) is 6.27. The first-order chi connectivity index (χ1) is 12.0. The van der Waals surface area contributed by atoms with Crippen LogP contribution in [0.3, 0.4) is 0 Å². The molecule has 0 radical (unpaired) electrons. The summed E-state index contributed by atoms with van der Waals surface area (Å²) >= 11 is 0. The second-order valence-corrected chi connectivity index (χ2v) is 6.27. The number of nitrogens with zero attached hydrogens (tertiary/aromatic N) is 1. The maximum absolute atomic E-state index is 12.9. The zero-order valence-corrected chi connectivity index (χ0v) is 14.1. The molecule has 1 N–H and O–H groups in total. The smallest absolute Gasteiger partial charge is 0.381 e. The van der Waals surface area contributed by atoms with Crippen molar-refractivity contribution in [1.29, 1.82) is 0 Å². The summed E-state index contributed by atoms with van der Waals surface area (Å²) in [4.78, 5) is 0. The number of aromatic nitrogens is 1. The van der Waals surface area contributed by atoms with Crippen LogP contribution in [0.15, 0.2) is 24.3 Å². The molecular weight excluding hydrogens is 329 g/mol. The largest absolute Gasteiger partial charge is 0.406 e. The summed E-state index contributed by atoms with van der Waals surface area (Å²) in [7, 11) is 0. The molecule has 3 rings (SSSR count). The molecule has 6 heteroatoms. The number of alkyl halides is 3. The summed E-state index contributed by atoms with van der Waals surface area (Å²) < 4.78 is 45.2. The number of fused-ring (bicyclic) bond motifs is 1. The highest BCUT2D eigenvalue weighted by Gasteiger charge is 2.29. The topological polar surface area (TPSA) is 26.2 Å². The minimum atomic E-state index is -4.28. The fraction of sp³-hybridized carbons (Fsp3) is 0.474. The van der Waals surface area contributed by atoms with Gasteiger partial charge in [0.2, 0.25) is 0 Å². The van der Waals surface area contributed by atoms with E-state index in [2.05, 4.69) is 17.2 Å². The Hall–Kier alpha value is -1.97.